The first kappa shape index (κ1) is 20.8. The van der Waals surface area contributed by atoms with Crippen LogP contribution in [0.4, 0.5) is 0 Å². The summed E-state index contributed by atoms with van der Waals surface area (Å²) in [5, 5.41) is 19.6. The number of diazo groups is 1. The summed E-state index contributed by atoms with van der Waals surface area (Å²) in [7, 11) is -4.21. The van der Waals surface area contributed by atoms with Crippen LogP contribution in [0.15, 0.2) is 76.5 Å². The summed E-state index contributed by atoms with van der Waals surface area (Å²) in [6, 6.07) is 17.1. The van der Waals surface area contributed by atoms with E-state index < -0.39 is 26.5 Å². The zero-order chi connectivity index (χ0) is 21.1. The zero-order valence-corrected chi connectivity index (χ0v) is 17.2. The number of hydrogen-bond donors (Lipinski definition) is 1. The van der Waals surface area contributed by atoms with Gasteiger partial charge >= 0.3 is 10.9 Å². The SMILES string of the molecule is CC1(C)OCC(CCc2ccccc2)N1/C(O)=C(\[N+]#N)S(=O)(=O)c1ccccc1. The molecule has 1 aliphatic rings. The van der Waals surface area contributed by atoms with Gasteiger partial charge in [0.25, 0.3) is 9.84 Å². The van der Waals surface area contributed by atoms with E-state index in [2.05, 4.69) is 4.98 Å². The molecule has 0 aliphatic carbocycles. The number of ether oxygens (including phenoxy) is 1. The van der Waals surface area contributed by atoms with Gasteiger partial charge in [0.1, 0.15) is 5.72 Å². The van der Waals surface area contributed by atoms with Crippen molar-refractivity contribution in [3.05, 3.63) is 82.1 Å². The lowest BCUT2D eigenvalue weighted by Crippen LogP contribution is -2.44. The van der Waals surface area contributed by atoms with Crippen LogP contribution in [0, 0.1) is 5.39 Å². The molecule has 1 N–H and O–H groups in total. The second-order valence-corrected chi connectivity index (χ2v) is 9.22. The number of hydrogen-bond acceptors (Lipinski definition) is 6. The Bertz CT molecular complexity index is 1030. The highest BCUT2D eigenvalue weighted by Gasteiger charge is 2.49. The van der Waals surface area contributed by atoms with Crippen molar-refractivity contribution in [2.45, 2.75) is 43.4 Å². The molecule has 0 saturated carbocycles. The molecule has 3 rings (SSSR count). The fourth-order valence-electron chi connectivity index (χ4n) is 3.54. The standard InChI is InChI=1S/C21H23N3O4S/c1-21(2)24(17(15-28-21)14-13-16-9-5-3-6-10-16)20(25)19(23-22)29(26,27)18-11-7-4-8-12-18/h3-12,17H,13-15H2,1-2H3/p+1/b20-19-. The number of aliphatic hydroxyl groups is 1. The predicted octanol–water partition coefficient (Wildman–Crippen LogP) is 4.07. The molecule has 8 heteroatoms. The Morgan fingerprint density at radius 2 is 1.76 bits per heavy atom. The molecular weight excluding hydrogens is 390 g/mol. The van der Waals surface area contributed by atoms with E-state index in [0.29, 0.717) is 13.0 Å². The van der Waals surface area contributed by atoms with Crippen LogP contribution in [-0.4, -0.2) is 36.8 Å². The molecule has 1 heterocycles. The molecule has 29 heavy (non-hydrogen) atoms. The third-order valence-electron chi connectivity index (χ3n) is 5.00. The maximum absolute atomic E-state index is 12.9. The van der Waals surface area contributed by atoms with Crippen LogP contribution in [0.5, 0.6) is 0 Å². The fourth-order valence-corrected chi connectivity index (χ4v) is 4.72. The van der Waals surface area contributed by atoms with Crippen LogP contribution in [0.1, 0.15) is 25.8 Å². The van der Waals surface area contributed by atoms with Crippen molar-refractivity contribution < 1.29 is 18.3 Å². The molecule has 0 bridgehead atoms. The van der Waals surface area contributed by atoms with Gasteiger partial charge in [-0.25, -0.2) is 8.42 Å². The lowest BCUT2D eigenvalue weighted by molar-refractivity contribution is -0.0559. The monoisotopic (exact) mass is 414 g/mol. The molecular formula is C21H24N3O4S+. The van der Waals surface area contributed by atoms with Crippen molar-refractivity contribution in [1.29, 1.82) is 5.39 Å². The summed E-state index contributed by atoms with van der Waals surface area (Å²) in [6.45, 7) is 3.78. The topological polar surface area (TPSA) is 95.0 Å². The second-order valence-electron chi connectivity index (χ2n) is 7.35. The maximum atomic E-state index is 12.9. The van der Waals surface area contributed by atoms with Crippen molar-refractivity contribution >= 4 is 9.84 Å². The predicted molar refractivity (Wildman–Crippen MR) is 109 cm³/mol. The van der Waals surface area contributed by atoms with Crippen molar-refractivity contribution in [2.24, 2.45) is 0 Å². The van der Waals surface area contributed by atoms with Gasteiger partial charge < -0.3 is 14.7 Å². The summed E-state index contributed by atoms with van der Waals surface area (Å²) < 4.78 is 31.6. The van der Waals surface area contributed by atoms with Crippen LogP contribution in [-0.2, 0) is 21.0 Å². The fraction of sp³-hybridized carbons (Fsp3) is 0.333. The normalized spacial score (nSPS) is 19.5. The largest absolute Gasteiger partial charge is 0.537 e. The molecule has 1 atom stereocenters. The van der Waals surface area contributed by atoms with Gasteiger partial charge in [0.2, 0.25) is 5.39 Å². The first-order valence-electron chi connectivity index (χ1n) is 9.33. The third kappa shape index (κ3) is 4.26. The number of rotatable bonds is 6. The molecule has 1 saturated heterocycles. The number of aryl methyl sites for hydroxylation is 1. The quantitative estimate of drug-likeness (QED) is 0.566. The molecule has 0 aromatic heterocycles. The molecule has 1 fully saturated rings. The lowest BCUT2D eigenvalue weighted by atomic mass is 10.0. The van der Waals surface area contributed by atoms with Crippen molar-refractivity contribution in [3.8, 4) is 0 Å². The molecule has 0 amide bonds. The summed E-state index contributed by atoms with van der Waals surface area (Å²) in [5.74, 6) is -0.628. The number of sulfone groups is 1. The summed E-state index contributed by atoms with van der Waals surface area (Å²) in [4.78, 5) is 4.35. The number of nitrogens with zero attached hydrogens (tertiary/aromatic N) is 3. The van der Waals surface area contributed by atoms with Gasteiger partial charge in [-0.3, -0.25) is 0 Å². The van der Waals surface area contributed by atoms with E-state index in [0.717, 1.165) is 12.0 Å². The third-order valence-corrected chi connectivity index (χ3v) is 6.67. The van der Waals surface area contributed by atoms with E-state index in [-0.39, 0.29) is 10.9 Å². The van der Waals surface area contributed by atoms with E-state index in [4.69, 9.17) is 4.74 Å². The van der Waals surface area contributed by atoms with Crippen molar-refractivity contribution in [2.75, 3.05) is 6.61 Å². The van der Waals surface area contributed by atoms with E-state index >= 15 is 0 Å². The van der Waals surface area contributed by atoms with Gasteiger partial charge in [0.05, 0.1) is 17.5 Å². The van der Waals surface area contributed by atoms with Crippen molar-refractivity contribution in [3.63, 3.8) is 0 Å². The Balaban J connectivity index is 1.95. The Morgan fingerprint density at radius 3 is 2.34 bits per heavy atom. The van der Waals surface area contributed by atoms with Gasteiger partial charge in [-0.05, 0) is 44.4 Å². The minimum atomic E-state index is -4.21. The minimum absolute atomic E-state index is 0.0712. The average molecular weight is 415 g/mol. The molecule has 152 valence electrons. The van der Waals surface area contributed by atoms with Gasteiger partial charge in [0, 0.05) is 0 Å². The molecule has 1 unspecified atom stereocenters. The molecule has 1 aliphatic heterocycles. The summed E-state index contributed by atoms with van der Waals surface area (Å²) in [5.41, 5.74) is 0.165. The van der Waals surface area contributed by atoms with Gasteiger partial charge in [-0.15, -0.1) is 0 Å². The Hall–Kier alpha value is -2.89. The van der Waals surface area contributed by atoms with Crippen LogP contribution in [0.2, 0.25) is 0 Å². The highest BCUT2D eigenvalue weighted by molar-refractivity contribution is 7.95. The zero-order valence-electron chi connectivity index (χ0n) is 16.4. The molecule has 2 aromatic carbocycles. The highest BCUT2D eigenvalue weighted by Crippen LogP contribution is 2.35. The minimum Gasteiger partial charge on any atom is -0.488 e. The molecule has 0 spiro atoms. The van der Waals surface area contributed by atoms with Crippen molar-refractivity contribution in [1.82, 2.24) is 4.90 Å². The van der Waals surface area contributed by atoms with Crippen LogP contribution in [0.25, 0.3) is 4.98 Å². The first-order chi connectivity index (χ1) is 13.8. The number of benzene rings is 2. The molecule has 2 aromatic rings. The van der Waals surface area contributed by atoms with Gasteiger partial charge in [-0.2, -0.15) is 0 Å². The van der Waals surface area contributed by atoms with Gasteiger partial charge in [-0.1, -0.05) is 48.5 Å². The Kier molecular flexibility index (Phi) is 5.91. The second kappa shape index (κ2) is 8.23. The van der Waals surface area contributed by atoms with Crippen LogP contribution < -0.4 is 0 Å². The Labute approximate surface area is 170 Å². The lowest BCUT2D eigenvalue weighted by Gasteiger charge is -2.33. The average Bonchev–Trinajstić information content (AvgIpc) is 3.02. The van der Waals surface area contributed by atoms with E-state index in [1.54, 1.807) is 32.0 Å². The van der Waals surface area contributed by atoms with Crippen LogP contribution in [0.3, 0.4) is 0 Å². The summed E-state index contributed by atoms with van der Waals surface area (Å²) >= 11 is 0. The number of aliphatic hydroxyl groups excluding tert-OH is 1. The summed E-state index contributed by atoms with van der Waals surface area (Å²) in [6.07, 6.45) is 1.35. The van der Waals surface area contributed by atoms with E-state index in [9.17, 15) is 18.9 Å². The molecule has 0 radical (unpaired) electrons. The van der Waals surface area contributed by atoms with Gasteiger partial charge in [0.15, 0.2) is 4.98 Å². The smallest absolute Gasteiger partial charge is 0.488 e. The molecule has 7 nitrogen and oxygen atoms in total. The highest BCUT2D eigenvalue weighted by atomic mass is 32.2. The van der Waals surface area contributed by atoms with Crippen LogP contribution >= 0.6 is 0 Å². The Morgan fingerprint density at radius 1 is 1.17 bits per heavy atom. The first-order valence-corrected chi connectivity index (χ1v) is 10.8. The van der Waals surface area contributed by atoms with E-state index in [1.165, 1.54) is 17.0 Å². The maximum Gasteiger partial charge on any atom is 0.537 e. The van der Waals surface area contributed by atoms with E-state index in [1.807, 2.05) is 30.3 Å².